The van der Waals surface area contributed by atoms with Gasteiger partial charge in [-0.3, -0.25) is 28.9 Å². The lowest BCUT2D eigenvalue weighted by Crippen LogP contribution is -2.66. The SMILES string of the molecule is CCOC(=O)[C@H]1[C@H](C)O[C@@H](O[C@H]2[C@H](N(C)C)[C@@H](O)[C@H](O[C@H]3[C@@H](CC=O)C[C@@H](C)[C@@H](OC(C)=O)CN(CCCCc4ccccc4)CC[C@@H](C)OC(=O)C[C@@H](OC(=O)CC)[C@@H]3OC)O[C@@H]2C)C[C@@]1(C)OC(C)=O. The van der Waals surface area contributed by atoms with Gasteiger partial charge in [0, 0.05) is 53.3 Å². The number of carbonyl (C=O) groups is 6. The fraction of sp³-hybridized carbons (Fsp3) is 0.774. The van der Waals surface area contributed by atoms with Crippen molar-refractivity contribution >= 4 is 36.1 Å². The highest BCUT2D eigenvalue weighted by molar-refractivity contribution is 5.76. The van der Waals surface area contributed by atoms with E-state index in [9.17, 15) is 33.9 Å². The third-order valence-electron chi connectivity index (χ3n) is 14.0. The molecule has 3 aliphatic heterocycles. The van der Waals surface area contributed by atoms with Gasteiger partial charge in [-0.25, -0.2) is 0 Å². The predicted octanol–water partition coefficient (Wildman–Crippen LogP) is 4.98. The summed E-state index contributed by atoms with van der Waals surface area (Å²) < 4.78 is 61.5. The molecule has 0 aromatic heterocycles. The number of hydrogen-bond acceptors (Lipinski definition) is 19. The average molecular weight is 1020 g/mol. The summed E-state index contributed by atoms with van der Waals surface area (Å²) in [4.78, 5) is 82.1. The zero-order chi connectivity index (χ0) is 53.3. The smallest absolute Gasteiger partial charge is 0.315 e. The summed E-state index contributed by atoms with van der Waals surface area (Å²) in [6.45, 7) is 16.4. The van der Waals surface area contributed by atoms with Gasteiger partial charge >= 0.3 is 29.8 Å². The lowest BCUT2D eigenvalue weighted by molar-refractivity contribution is -0.341. The molecule has 72 heavy (non-hydrogen) atoms. The van der Waals surface area contributed by atoms with Crippen LogP contribution >= 0.6 is 0 Å². The summed E-state index contributed by atoms with van der Waals surface area (Å²) in [6.07, 6.45) is -7.80. The number of ether oxygens (including phenoxy) is 10. The van der Waals surface area contributed by atoms with E-state index in [4.69, 9.17) is 47.4 Å². The minimum absolute atomic E-state index is 0.0230. The molecule has 0 saturated carbocycles. The number of hydrogen-bond donors (Lipinski definition) is 1. The first-order chi connectivity index (χ1) is 34.1. The van der Waals surface area contributed by atoms with E-state index >= 15 is 0 Å². The Kier molecular flexibility index (Phi) is 24.5. The quantitative estimate of drug-likeness (QED) is 0.0836. The number of aliphatic hydroxyl groups is 1. The van der Waals surface area contributed by atoms with Crippen molar-refractivity contribution in [1.29, 1.82) is 0 Å². The van der Waals surface area contributed by atoms with Gasteiger partial charge in [0.2, 0.25) is 0 Å². The molecule has 1 aromatic carbocycles. The zero-order valence-electron chi connectivity index (χ0n) is 44.7. The van der Waals surface area contributed by atoms with Gasteiger partial charge in [-0.05, 0) is 105 Å². The van der Waals surface area contributed by atoms with Crippen molar-refractivity contribution in [2.45, 2.75) is 199 Å². The maximum atomic E-state index is 13.9. The predicted molar refractivity (Wildman–Crippen MR) is 262 cm³/mol. The Balaban J connectivity index is 1.72. The van der Waals surface area contributed by atoms with Crippen LogP contribution in [0.5, 0.6) is 0 Å². The number of esters is 5. The molecule has 16 atom stereocenters. The maximum absolute atomic E-state index is 13.9. The third kappa shape index (κ3) is 17.5. The molecule has 3 fully saturated rings. The Morgan fingerprint density at radius 1 is 0.917 bits per heavy atom. The first-order valence-corrected chi connectivity index (χ1v) is 25.8. The van der Waals surface area contributed by atoms with E-state index in [1.54, 1.807) is 60.5 Å². The first kappa shape index (κ1) is 60.5. The molecule has 0 bridgehead atoms. The molecular formula is C53H84N2O17. The fourth-order valence-electron chi connectivity index (χ4n) is 10.6. The molecule has 0 spiro atoms. The first-order valence-electron chi connectivity index (χ1n) is 25.8. The van der Waals surface area contributed by atoms with Gasteiger partial charge in [0.1, 0.15) is 54.4 Å². The van der Waals surface area contributed by atoms with Crippen LogP contribution in [-0.2, 0) is 82.6 Å². The second kappa shape index (κ2) is 29.1. The van der Waals surface area contributed by atoms with Crippen LogP contribution in [0, 0.1) is 17.8 Å². The van der Waals surface area contributed by atoms with Crippen molar-refractivity contribution in [3.05, 3.63) is 35.9 Å². The number of aldehydes is 1. The number of benzene rings is 1. The van der Waals surface area contributed by atoms with Crippen LogP contribution < -0.4 is 0 Å². The highest BCUT2D eigenvalue weighted by Crippen LogP contribution is 2.41. The molecule has 4 rings (SSSR count). The number of cyclic esters (lactones) is 1. The summed E-state index contributed by atoms with van der Waals surface area (Å²) in [6, 6.07) is 9.39. The van der Waals surface area contributed by atoms with Crippen LogP contribution in [0.25, 0.3) is 0 Å². The molecule has 0 aliphatic carbocycles. The standard InChI is InChI=1S/C53H84N2O17/c1-13-42(59)69-40-29-43(60)65-33(4)23-26-55(25-19-18-22-38-20-16-15-17-21-38)31-41(68-36(7)57)32(3)28-39(24-27-56)49(50(40)63-12)71-52-47(61)46(54(10)11)48(35(6)67-52)70-44-30-53(9,72-37(8)58)45(34(5)66-44)51(62)64-14-2/h15-17,20-21,27,32-35,39-41,44-50,52,61H,13-14,18-19,22-26,28-31H2,1-12H3/t32-,33-,34+,35-,39+,40-,41+,44+,45-,46-,47-,48-,49+,50+,52+,53-/m1/s1. The van der Waals surface area contributed by atoms with E-state index in [-0.39, 0.29) is 38.2 Å². The van der Waals surface area contributed by atoms with Crippen molar-refractivity contribution < 1.29 is 81.2 Å². The molecular weight excluding hydrogens is 937 g/mol. The molecule has 1 aromatic rings. The van der Waals surface area contributed by atoms with Crippen molar-refractivity contribution in [2.75, 3.05) is 47.4 Å². The number of unbranched alkanes of at least 4 members (excludes halogenated alkanes) is 1. The van der Waals surface area contributed by atoms with E-state index in [0.717, 1.165) is 25.5 Å². The molecule has 408 valence electrons. The summed E-state index contributed by atoms with van der Waals surface area (Å²) >= 11 is 0. The summed E-state index contributed by atoms with van der Waals surface area (Å²) in [5.41, 5.74) is -0.136. The van der Waals surface area contributed by atoms with Crippen LogP contribution in [0.2, 0.25) is 0 Å². The van der Waals surface area contributed by atoms with Crippen LogP contribution in [-0.4, -0.2) is 178 Å². The normalized spacial score (nSPS) is 34.4. The lowest BCUT2D eigenvalue weighted by atomic mass is 9.79. The Labute approximate surface area is 426 Å². The summed E-state index contributed by atoms with van der Waals surface area (Å²) in [5, 5.41) is 12.4. The largest absolute Gasteiger partial charge is 0.466 e. The minimum Gasteiger partial charge on any atom is -0.466 e. The average Bonchev–Trinajstić information content (AvgIpc) is 3.29. The number of carbonyl (C=O) groups excluding carboxylic acids is 6. The van der Waals surface area contributed by atoms with E-state index in [2.05, 4.69) is 17.0 Å². The second-order valence-corrected chi connectivity index (χ2v) is 20.1. The van der Waals surface area contributed by atoms with E-state index < -0.39 is 127 Å². The van der Waals surface area contributed by atoms with Gasteiger partial charge in [0.05, 0.1) is 37.4 Å². The number of aryl methyl sites for hydroxylation is 1. The number of nitrogens with zero attached hydrogens (tertiary/aromatic N) is 2. The van der Waals surface area contributed by atoms with Crippen molar-refractivity contribution in [3.63, 3.8) is 0 Å². The maximum Gasteiger partial charge on any atom is 0.315 e. The van der Waals surface area contributed by atoms with Crippen LogP contribution in [0.15, 0.2) is 30.3 Å². The summed E-state index contributed by atoms with van der Waals surface area (Å²) in [7, 11) is 4.87. The molecule has 0 unspecified atom stereocenters. The Morgan fingerprint density at radius 3 is 2.24 bits per heavy atom. The zero-order valence-corrected chi connectivity index (χ0v) is 44.7. The van der Waals surface area contributed by atoms with Gasteiger partial charge in [-0.2, -0.15) is 0 Å². The minimum atomic E-state index is -1.45. The van der Waals surface area contributed by atoms with Crippen LogP contribution in [0.1, 0.15) is 119 Å². The van der Waals surface area contributed by atoms with Crippen molar-refractivity contribution in [3.8, 4) is 0 Å². The third-order valence-corrected chi connectivity index (χ3v) is 14.0. The lowest BCUT2D eigenvalue weighted by Gasteiger charge is -2.50. The Morgan fingerprint density at radius 2 is 1.62 bits per heavy atom. The van der Waals surface area contributed by atoms with Crippen LogP contribution in [0.3, 0.4) is 0 Å². The van der Waals surface area contributed by atoms with E-state index in [0.29, 0.717) is 26.1 Å². The van der Waals surface area contributed by atoms with E-state index in [1.165, 1.54) is 26.5 Å². The second-order valence-electron chi connectivity index (χ2n) is 20.1. The monoisotopic (exact) mass is 1020 g/mol. The highest BCUT2D eigenvalue weighted by atomic mass is 16.7. The van der Waals surface area contributed by atoms with Gasteiger partial charge in [-0.15, -0.1) is 0 Å². The number of methoxy groups -OCH3 is 1. The molecule has 1 N–H and O–H groups in total. The fourth-order valence-corrected chi connectivity index (χ4v) is 10.6. The number of aliphatic hydroxyl groups excluding tert-OH is 1. The van der Waals surface area contributed by atoms with Crippen molar-refractivity contribution in [1.82, 2.24) is 9.80 Å². The summed E-state index contributed by atoms with van der Waals surface area (Å²) in [5.74, 6) is -5.01. The Hall–Kier alpha value is -4.08. The van der Waals surface area contributed by atoms with Gasteiger partial charge in [0.25, 0.3) is 0 Å². The van der Waals surface area contributed by atoms with Gasteiger partial charge in [0.15, 0.2) is 12.6 Å². The van der Waals surface area contributed by atoms with Crippen molar-refractivity contribution in [2.24, 2.45) is 17.8 Å². The van der Waals surface area contributed by atoms with Gasteiger partial charge in [-0.1, -0.05) is 44.2 Å². The molecule has 3 saturated heterocycles. The topological polar surface area (TPSA) is 221 Å². The number of rotatable bonds is 19. The molecule has 0 radical (unpaired) electrons. The number of likely N-dealkylation sites (N-methyl/N-ethyl adjacent to an activating group) is 1. The van der Waals surface area contributed by atoms with E-state index in [1.807, 2.05) is 25.1 Å². The molecule has 3 heterocycles. The van der Waals surface area contributed by atoms with Gasteiger partial charge < -0.3 is 62.2 Å². The Bertz CT molecular complexity index is 1870. The highest BCUT2D eigenvalue weighted by Gasteiger charge is 2.55. The molecule has 0 amide bonds. The molecule has 3 aliphatic rings. The van der Waals surface area contributed by atoms with Crippen LogP contribution in [0.4, 0.5) is 0 Å². The molecule has 19 heteroatoms. The molecule has 19 nitrogen and oxygen atoms in total.